The first-order valence-electron chi connectivity index (χ1n) is 4.91. The van der Waals surface area contributed by atoms with E-state index >= 15 is 0 Å². The van der Waals surface area contributed by atoms with E-state index in [-0.39, 0.29) is 11.5 Å². The number of aliphatic hydroxyl groups excluding tert-OH is 2. The summed E-state index contributed by atoms with van der Waals surface area (Å²) in [4.78, 5) is 0. The molecular formula is C11H18O2. The van der Waals surface area contributed by atoms with Crippen LogP contribution in [-0.4, -0.2) is 10.2 Å². The van der Waals surface area contributed by atoms with E-state index in [0.717, 1.165) is 24.8 Å². The Balaban J connectivity index is 2.55. The predicted molar refractivity (Wildman–Crippen MR) is 53.7 cm³/mol. The number of hydrogen-bond donors (Lipinski definition) is 2. The summed E-state index contributed by atoms with van der Waals surface area (Å²) in [5.74, 6) is 0.908. The topological polar surface area (TPSA) is 40.5 Å². The highest BCUT2D eigenvalue weighted by Crippen LogP contribution is 2.25. The summed E-state index contributed by atoms with van der Waals surface area (Å²) >= 11 is 0. The van der Waals surface area contributed by atoms with Gasteiger partial charge in [0.1, 0.15) is 5.76 Å². The molecule has 0 aromatic carbocycles. The summed E-state index contributed by atoms with van der Waals surface area (Å²) in [6.45, 7) is 4.31. The van der Waals surface area contributed by atoms with Gasteiger partial charge in [-0.05, 0) is 30.8 Å². The predicted octanol–water partition coefficient (Wildman–Crippen LogP) is 3.47. The molecule has 0 bridgehead atoms. The van der Waals surface area contributed by atoms with Crippen LogP contribution in [0, 0.1) is 5.92 Å². The highest BCUT2D eigenvalue weighted by Gasteiger charge is 2.14. The molecule has 0 spiro atoms. The Labute approximate surface area is 79.6 Å². The summed E-state index contributed by atoms with van der Waals surface area (Å²) in [6, 6.07) is 0. The molecule has 0 aromatic rings. The van der Waals surface area contributed by atoms with E-state index in [9.17, 15) is 10.2 Å². The Kier molecular flexibility index (Phi) is 3.40. The van der Waals surface area contributed by atoms with E-state index in [1.54, 1.807) is 0 Å². The molecule has 0 saturated carbocycles. The fourth-order valence-corrected chi connectivity index (χ4v) is 1.45. The summed E-state index contributed by atoms with van der Waals surface area (Å²) in [5.41, 5.74) is 0.914. The summed E-state index contributed by atoms with van der Waals surface area (Å²) < 4.78 is 0. The van der Waals surface area contributed by atoms with Crippen LogP contribution in [0.5, 0.6) is 0 Å². The lowest BCUT2D eigenvalue weighted by Crippen LogP contribution is -2.02. The molecule has 0 amide bonds. The Morgan fingerprint density at radius 3 is 2.69 bits per heavy atom. The fourth-order valence-electron chi connectivity index (χ4n) is 1.45. The lowest BCUT2D eigenvalue weighted by atomic mass is 9.96. The molecule has 1 rings (SSSR count). The summed E-state index contributed by atoms with van der Waals surface area (Å²) in [7, 11) is 0. The van der Waals surface area contributed by atoms with Crippen molar-refractivity contribution in [1.82, 2.24) is 0 Å². The van der Waals surface area contributed by atoms with Gasteiger partial charge in [-0.1, -0.05) is 19.9 Å². The van der Waals surface area contributed by atoms with Gasteiger partial charge in [-0.15, -0.1) is 0 Å². The minimum absolute atomic E-state index is 0.118. The maximum Gasteiger partial charge on any atom is 0.155 e. The average molecular weight is 182 g/mol. The van der Waals surface area contributed by atoms with Gasteiger partial charge in [-0.3, -0.25) is 0 Å². The molecule has 0 radical (unpaired) electrons. The Bertz CT molecular complexity index is 236. The van der Waals surface area contributed by atoms with Crippen LogP contribution in [0.15, 0.2) is 23.2 Å². The van der Waals surface area contributed by atoms with E-state index in [1.165, 1.54) is 0 Å². The molecule has 13 heavy (non-hydrogen) atoms. The quantitative estimate of drug-likeness (QED) is 0.701. The van der Waals surface area contributed by atoms with Gasteiger partial charge in [0, 0.05) is 6.42 Å². The van der Waals surface area contributed by atoms with Crippen LogP contribution in [0.3, 0.4) is 0 Å². The first-order chi connectivity index (χ1) is 6.11. The van der Waals surface area contributed by atoms with Crippen LogP contribution >= 0.6 is 0 Å². The minimum atomic E-state index is 0.118. The van der Waals surface area contributed by atoms with Gasteiger partial charge in [0.15, 0.2) is 5.76 Å². The maximum atomic E-state index is 9.51. The van der Waals surface area contributed by atoms with Crippen LogP contribution in [-0.2, 0) is 0 Å². The molecular weight excluding hydrogens is 164 g/mol. The van der Waals surface area contributed by atoms with Crippen molar-refractivity contribution in [3.05, 3.63) is 23.2 Å². The van der Waals surface area contributed by atoms with Crippen molar-refractivity contribution in [3.8, 4) is 0 Å². The monoisotopic (exact) mass is 182 g/mol. The smallest absolute Gasteiger partial charge is 0.155 e. The molecule has 2 heteroatoms. The van der Waals surface area contributed by atoms with Gasteiger partial charge < -0.3 is 10.2 Å². The van der Waals surface area contributed by atoms with E-state index < -0.39 is 0 Å². The van der Waals surface area contributed by atoms with E-state index in [1.807, 2.05) is 6.08 Å². The highest BCUT2D eigenvalue weighted by molar-refractivity contribution is 5.30. The van der Waals surface area contributed by atoms with Crippen LogP contribution in [0.1, 0.15) is 39.5 Å². The first-order valence-corrected chi connectivity index (χ1v) is 4.91. The number of hydrogen-bond acceptors (Lipinski definition) is 2. The van der Waals surface area contributed by atoms with Crippen molar-refractivity contribution < 1.29 is 10.2 Å². The normalized spacial score (nSPS) is 17.9. The van der Waals surface area contributed by atoms with Crippen LogP contribution in [0.25, 0.3) is 0 Å². The fraction of sp³-hybridized carbons (Fsp3) is 0.636. The molecule has 0 atom stereocenters. The molecule has 2 nitrogen and oxygen atoms in total. The van der Waals surface area contributed by atoms with Crippen molar-refractivity contribution in [3.63, 3.8) is 0 Å². The standard InChI is InChI=1S/C11H18O2/c1-8(2)6-7-9-4-3-5-10(12)11(9)13/h4,8,12-13H,3,5-7H2,1-2H3. The van der Waals surface area contributed by atoms with Crippen molar-refractivity contribution >= 4 is 0 Å². The van der Waals surface area contributed by atoms with Crippen LogP contribution in [0.2, 0.25) is 0 Å². The van der Waals surface area contributed by atoms with Gasteiger partial charge in [-0.2, -0.15) is 0 Å². The van der Waals surface area contributed by atoms with E-state index in [4.69, 9.17) is 0 Å². The van der Waals surface area contributed by atoms with Gasteiger partial charge in [0.05, 0.1) is 0 Å². The second-order valence-electron chi connectivity index (χ2n) is 4.00. The largest absolute Gasteiger partial charge is 0.508 e. The van der Waals surface area contributed by atoms with E-state index in [0.29, 0.717) is 12.3 Å². The minimum Gasteiger partial charge on any atom is -0.508 e. The molecule has 2 N–H and O–H groups in total. The Hall–Kier alpha value is -0.920. The van der Waals surface area contributed by atoms with Gasteiger partial charge >= 0.3 is 0 Å². The number of rotatable bonds is 3. The molecule has 0 saturated heterocycles. The van der Waals surface area contributed by atoms with Crippen molar-refractivity contribution in [2.45, 2.75) is 39.5 Å². The molecule has 0 fully saturated rings. The van der Waals surface area contributed by atoms with Crippen molar-refractivity contribution in [2.75, 3.05) is 0 Å². The van der Waals surface area contributed by atoms with Crippen LogP contribution in [0.4, 0.5) is 0 Å². The second-order valence-corrected chi connectivity index (χ2v) is 4.00. The number of allylic oxidation sites excluding steroid dienone is 3. The lowest BCUT2D eigenvalue weighted by molar-refractivity contribution is 0.310. The van der Waals surface area contributed by atoms with Crippen molar-refractivity contribution in [1.29, 1.82) is 0 Å². The zero-order valence-corrected chi connectivity index (χ0v) is 8.38. The second kappa shape index (κ2) is 4.35. The third-order valence-electron chi connectivity index (χ3n) is 2.34. The zero-order chi connectivity index (χ0) is 9.84. The molecule has 74 valence electrons. The molecule has 0 aliphatic heterocycles. The summed E-state index contributed by atoms with van der Waals surface area (Å²) in [5, 5.41) is 18.8. The van der Waals surface area contributed by atoms with Gasteiger partial charge in [-0.25, -0.2) is 0 Å². The van der Waals surface area contributed by atoms with Gasteiger partial charge in [0.25, 0.3) is 0 Å². The molecule has 0 heterocycles. The first kappa shape index (κ1) is 10.2. The summed E-state index contributed by atoms with van der Waals surface area (Å²) in [6.07, 6.45) is 5.38. The lowest BCUT2D eigenvalue weighted by Gasteiger charge is -2.14. The van der Waals surface area contributed by atoms with Crippen LogP contribution < -0.4 is 0 Å². The molecule has 1 aliphatic rings. The van der Waals surface area contributed by atoms with Crippen molar-refractivity contribution in [2.24, 2.45) is 5.92 Å². The molecule has 0 aromatic heterocycles. The van der Waals surface area contributed by atoms with E-state index in [2.05, 4.69) is 13.8 Å². The zero-order valence-electron chi connectivity index (χ0n) is 8.38. The highest BCUT2D eigenvalue weighted by atomic mass is 16.3. The third kappa shape index (κ3) is 2.79. The molecule has 1 aliphatic carbocycles. The Morgan fingerprint density at radius 2 is 2.08 bits per heavy atom. The number of aliphatic hydroxyl groups is 2. The molecule has 0 unspecified atom stereocenters. The Morgan fingerprint density at radius 1 is 1.38 bits per heavy atom. The third-order valence-corrected chi connectivity index (χ3v) is 2.34. The maximum absolute atomic E-state index is 9.51. The average Bonchev–Trinajstić information content (AvgIpc) is 2.07. The SMILES string of the molecule is CC(C)CCC1=CCCC(O)=C1O. The van der Waals surface area contributed by atoms with Gasteiger partial charge in [0.2, 0.25) is 0 Å².